The quantitative estimate of drug-likeness (QED) is 0.657. The summed E-state index contributed by atoms with van der Waals surface area (Å²) in [5.41, 5.74) is 5.34. The summed E-state index contributed by atoms with van der Waals surface area (Å²) >= 11 is 5.47. The first-order valence-electron chi connectivity index (χ1n) is 9.02. The van der Waals surface area contributed by atoms with E-state index in [1.54, 1.807) is 19.3 Å². The summed E-state index contributed by atoms with van der Waals surface area (Å²) in [7, 11) is 0. The van der Waals surface area contributed by atoms with E-state index in [1.807, 2.05) is 48.5 Å². The van der Waals surface area contributed by atoms with Gasteiger partial charge in [0.2, 0.25) is 0 Å². The normalized spacial score (nSPS) is 16.3. The predicted octanol–water partition coefficient (Wildman–Crippen LogP) is 4.27. The van der Waals surface area contributed by atoms with Crippen molar-refractivity contribution >= 4 is 28.8 Å². The smallest absolute Gasteiger partial charge is 0.171 e. The van der Waals surface area contributed by atoms with Gasteiger partial charge in [-0.2, -0.15) is 0 Å². The lowest BCUT2D eigenvalue weighted by atomic mass is 9.86. The maximum absolute atomic E-state index is 12.7. The molecule has 0 aliphatic carbocycles. The molecule has 0 spiro atoms. The number of rotatable bonds is 4. The Hall–Kier alpha value is -3.31. The first-order valence-corrected chi connectivity index (χ1v) is 9.43. The molecule has 28 heavy (non-hydrogen) atoms. The molecule has 2 aromatic carbocycles. The number of nitrogens with zero attached hydrogens (tertiary/aromatic N) is 1. The summed E-state index contributed by atoms with van der Waals surface area (Å²) in [6.07, 6.45) is 3.44. The molecule has 0 saturated heterocycles. The maximum Gasteiger partial charge on any atom is 0.171 e. The van der Waals surface area contributed by atoms with Crippen LogP contribution in [0.2, 0.25) is 0 Å². The zero-order valence-corrected chi connectivity index (χ0v) is 16.2. The molecule has 0 amide bonds. The van der Waals surface area contributed by atoms with E-state index >= 15 is 0 Å². The van der Waals surface area contributed by atoms with Crippen molar-refractivity contribution in [3.8, 4) is 11.1 Å². The molecule has 2 heterocycles. The molecule has 0 fully saturated rings. The molecule has 1 aliphatic rings. The Kier molecular flexibility index (Phi) is 5.00. The van der Waals surface area contributed by atoms with Gasteiger partial charge >= 0.3 is 0 Å². The van der Waals surface area contributed by atoms with Gasteiger partial charge in [0.15, 0.2) is 10.9 Å². The number of carbonyl (C=O) groups excluding carboxylic acids is 1. The number of hydrogen-bond donors (Lipinski definition) is 2. The minimum Gasteiger partial charge on any atom is -0.351 e. The molecule has 1 unspecified atom stereocenters. The summed E-state index contributed by atoms with van der Waals surface area (Å²) in [6, 6.07) is 21.7. The zero-order chi connectivity index (χ0) is 19.5. The van der Waals surface area contributed by atoms with Crippen molar-refractivity contribution in [1.29, 1.82) is 0 Å². The topological polar surface area (TPSA) is 54.0 Å². The van der Waals surface area contributed by atoms with Crippen LogP contribution in [-0.4, -0.2) is 15.9 Å². The summed E-state index contributed by atoms with van der Waals surface area (Å²) in [5.74, 6) is -0.0192. The van der Waals surface area contributed by atoms with Gasteiger partial charge in [0, 0.05) is 23.5 Å². The van der Waals surface area contributed by atoms with Crippen LogP contribution in [0.5, 0.6) is 0 Å². The molecule has 1 atom stereocenters. The van der Waals surface area contributed by atoms with Gasteiger partial charge in [-0.05, 0) is 48.0 Å². The molecule has 0 radical (unpaired) electrons. The second kappa shape index (κ2) is 7.74. The van der Waals surface area contributed by atoms with E-state index in [4.69, 9.17) is 12.2 Å². The molecule has 0 saturated carbocycles. The lowest BCUT2D eigenvalue weighted by Gasteiger charge is -2.32. The number of nitrogens with one attached hydrogen (secondary N) is 2. The average molecular weight is 385 g/mol. The largest absolute Gasteiger partial charge is 0.351 e. The molecule has 4 rings (SSSR count). The highest BCUT2D eigenvalue weighted by molar-refractivity contribution is 7.80. The third kappa shape index (κ3) is 3.44. The predicted molar refractivity (Wildman–Crippen MR) is 115 cm³/mol. The van der Waals surface area contributed by atoms with Crippen molar-refractivity contribution < 1.29 is 4.79 Å². The molecule has 1 aliphatic heterocycles. The minimum absolute atomic E-state index is 0.0192. The molecule has 4 nitrogen and oxygen atoms in total. The number of Topliss-reactive ketones (excluding diaryl/α,β-unsaturated/α-hetero) is 1. The van der Waals surface area contributed by atoms with Crippen molar-refractivity contribution in [3.05, 3.63) is 95.8 Å². The van der Waals surface area contributed by atoms with Gasteiger partial charge in [-0.25, -0.2) is 0 Å². The summed E-state index contributed by atoms with van der Waals surface area (Å²) in [5, 5.41) is 6.94. The number of hydrogen-bond acceptors (Lipinski definition) is 3. The van der Waals surface area contributed by atoms with Crippen LogP contribution in [0.25, 0.3) is 16.8 Å². The minimum atomic E-state index is -0.349. The molecule has 1 aromatic heterocycles. The van der Waals surface area contributed by atoms with Gasteiger partial charge in [0.1, 0.15) is 0 Å². The van der Waals surface area contributed by atoms with Gasteiger partial charge in [0.05, 0.1) is 11.7 Å². The van der Waals surface area contributed by atoms with Crippen LogP contribution in [0.3, 0.4) is 0 Å². The van der Waals surface area contributed by atoms with Crippen LogP contribution in [0.4, 0.5) is 0 Å². The monoisotopic (exact) mass is 385 g/mol. The van der Waals surface area contributed by atoms with Gasteiger partial charge in [0.25, 0.3) is 0 Å². The fourth-order valence-corrected chi connectivity index (χ4v) is 3.76. The van der Waals surface area contributed by atoms with Crippen molar-refractivity contribution in [3.63, 3.8) is 0 Å². The first-order chi connectivity index (χ1) is 13.6. The third-order valence-electron chi connectivity index (χ3n) is 4.76. The molecule has 0 bridgehead atoms. The number of carbonyl (C=O) groups is 1. The van der Waals surface area contributed by atoms with Crippen molar-refractivity contribution in [1.82, 2.24) is 15.6 Å². The number of ketones is 1. The van der Waals surface area contributed by atoms with Crippen LogP contribution in [0, 0.1) is 0 Å². The molecule has 3 aromatic rings. The first kappa shape index (κ1) is 18.1. The number of aromatic nitrogens is 1. The Bertz CT molecular complexity index is 1060. The summed E-state index contributed by atoms with van der Waals surface area (Å²) < 4.78 is 0. The molecule has 2 N–H and O–H groups in total. The van der Waals surface area contributed by atoms with Gasteiger partial charge in [-0.3, -0.25) is 9.78 Å². The third-order valence-corrected chi connectivity index (χ3v) is 4.98. The van der Waals surface area contributed by atoms with Crippen LogP contribution < -0.4 is 10.6 Å². The van der Waals surface area contributed by atoms with E-state index in [1.165, 1.54) is 0 Å². The van der Waals surface area contributed by atoms with E-state index in [9.17, 15) is 4.79 Å². The van der Waals surface area contributed by atoms with Gasteiger partial charge < -0.3 is 10.6 Å². The van der Waals surface area contributed by atoms with Crippen LogP contribution in [0.15, 0.2) is 84.7 Å². The lowest BCUT2D eigenvalue weighted by Crippen LogP contribution is -2.44. The SMILES string of the molecule is CC(=O)C1=C(c2cccnc2)NC(=S)NC1c1ccccc1-c1ccccc1. The van der Waals surface area contributed by atoms with Crippen molar-refractivity contribution in [2.24, 2.45) is 0 Å². The zero-order valence-electron chi connectivity index (χ0n) is 15.3. The van der Waals surface area contributed by atoms with E-state index < -0.39 is 0 Å². The standard InChI is InChI=1S/C23H19N3OS/c1-15(27)20-21(17-10-7-13-24-14-17)25-23(28)26-22(20)19-12-6-5-11-18(19)16-8-3-2-4-9-16/h2-14,22H,1H3,(H2,25,26,28). The highest BCUT2D eigenvalue weighted by atomic mass is 32.1. The Morgan fingerprint density at radius 2 is 1.68 bits per heavy atom. The highest BCUT2D eigenvalue weighted by Crippen LogP contribution is 2.36. The van der Waals surface area contributed by atoms with E-state index in [2.05, 4.69) is 33.8 Å². The van der Waals surface area contributed by atoms with Crippen LogP contribution in [0.1, 0.15) is 24.1 Å². The van der Waals surface area contributed by atoms with E-state index in [0.29, 0.717) is 16.4 Å². The van der Waals surface area contributed by atoms with E-state index in [-0.39, 0.29) is 11.8 Å². The molecule has 5 heteroatoms. The second-order valence-corrected chi connectivity index (χ2v) is 6.98. The van der Waals surface area contributed by atoms with Crippen molar-refractivity contribution in [2.75, 3.05) is 0 Å². The fourth-order valence-electron chi connectivity index (χ4n) is 3.54. The summed E-state index contributed by atoms with van der Waals surface area (Å²) in [4.78, 5) is 16.9. The Morgan fingerprint density at radius 3 is 2.39 bits per heavy atom. The lowest BCUT2D eigenvalue weighted by molar-refractivity contribution is -0.113. The molecule has 138 valence electrons. The maximum atomic E-state index is 12.7. The van der Waals surface area contributed by atoms with Crippen molar-refractivity contribution in [2.45, 2.75) is 13.0 Å². The van der Waals surface area contributed by atoms with Gasteiger partial charge in [-0.15, -0.1) is 0 Å². The van der Waals surface area contributed by atoms with Crippen LogP contribution >= 0.6 is 12.2 Å². The fraction of sp³-hybridized carbons (Fsp3) is 0.0870. The second-order valence-electron chi connectivity index (χ2n) is 6.57. The molecular formula is C23H19N3OS. The molecular weight excluding hydrogens is 366 g/mol. The number of benzene rings is 2. The Labute approximate surface area is 169 Å². The Balaban J connectivity index is 1.92. The highest BCUT2D eigenvalue weighted by Gasteiger charge is 2.31. The summed E-state index contributed by atoms with van der Waals surface area (Å²) in [6.45, 7) is 1.58. The number of pyridine rings is 1. The Morgan fingerprint density at radius 1 is 0.964 bits per heavy atom. The average Bonchev–Trinajstić information content (AvgIpc) is 2.74. The van der Waals surface area contributed by atoms with Gasteiger partial charge in [-0.1, -0.05) is 54.6 Å². The van der Waals surface area contributed by atoms with Crippen LogP contribution in [-0.2, 0) is 4.79 Å². The number of thiocarbonyl (C=S) groups is 1. The van der Waals surface area contributed by atoms with E-state index in [0.717, 1.165) is 22.3 Å².